The fourth-order valence-electron chi connectivity index (χ4n) is 3.31. The Bertz CT molecular complexity index is 423. The first-order chi connectivity index (χ1) is 8.92. The summed E-state index contributed by atoms with van der Waals surface area (Å²) in [4.78, 5) is 2.17. The molecule has 20 heavy (non-hydrogen) atoms. The maximum atomic E-state index is 12.9. The third-order valence-electron chi connectivity index (χ3n) is 4.64. The van der Waals surface area contributed by atoms with E-state index in [0.717, 1.165) is 24.8 Å². The standard InChI is InChI=1S/C16H24FNO.ClH/c1-12(18(2)3)15-5-4-10-16(15,19)11-13-6-8-14(17)9-7-13;/h6-9,12,15,19H,4-5,10-11H2,1-3H3;1H. The van der Waals surface area contributed by atoms with Gasteiger partial charge in [-0.1, -0.05) is 18.6 Å². The second-order valence-electron chi connectivity index (χ2n) is 6.11. The van der Waals surface area contributed by atoms with Crippen molar-refractivity contribution < 1.29 is 9.50 Å². The summed E-state index contributed by atoms with van der Waals surface area (Å²) in [6.45, 7) is 2.17. The average molecular weight is 302 g/mol. The summed E-state index contributed by atoms with van der Waals surface area (Å²) in [7, 11) is 4.11. The van der Waals surface area contributed by atoms with E-state index < -0.39 is 5.60 Å². The molecule has 3 atom stereocenters. The van der Waals surface area contributed by atoms with Crippen molar-refractivity contribution in [2.24, 2.45) is 5.92 Å². The van der Waals surface area contributed by atoms with Gasteiger partial charge in [0.2, 0.25) is 0 Å². The van der Waals surface area contributed by atoms with Crippen LogP contribution < -0.4 is 0 Å². The number of rotatable bonds is 4. The Morgan fingerprint density at radius 1 is 1.35 bits per heavy atom. The third-order valence-corrected chi connectivity index (χ3v) is 4.64. The molecule has 1 aromatic rings. The maximum absolute atomic E-state index is 12.9. The minimum atomic E-state index is -0.651. The largest absolute Gasteiger partial charge is 0.389 e. The van der Waals surface area contributed by atoms with Crippen LogP contribution in [0.2, 0.25) is 0 Å². The van der Waals surface area contributed by atoms with Gasteiger partial charge in [-0.25, -0.2) is 4.39 Å². The molecule has 114 valence electrons. The summed E-state index contributed by atoms with van der Waals surface area (Å²) in [6.07, 6.45) is 3.60. The summed E-state index contributed by atoms with van der Waals surface area (Å²) in [5.41, 5.74) is 0.364. The van der Waals surface area contributed by atoms with Crippen LogP contribution in [0.5, 0.6) is 0 Å². The van der Waals surface area contributed by atoms with Gasteiger partial charge in [0.25, 0.3) is 0 Å². The van der Waals surface area contributed by atoms with Crippen molar-refractivity contribution in [2.45, 2.75) is 44.2 Å². The molecule has 0 aliphatic heterocycles. The molecule has 0 spiro atoms. The number of nitrogens with zero attached hydrogens (tertiary/aromatic N) is 1. The van der Waals surface area contributed by atoms with Crippen LogP contribution in [0, 0.1) is 11.7 Å². The molecule has 1 N–H and O–H groups in total. The summed E-state index contributed by atoms with van der Waals surface area (Å²) in [6, 6.07) is 6.86. The first kappa shape index (κ1) is 17.4. The number of hydrogen-bond acceptors (Lipinski definition) is 2. The molecule has 1 aliphatic rings. The Hall–Kier alpha value is -0.640. The Kier molecular flexibility index (Phi) is 5.99. The van der Waals surface area contributed by atoms with Gasteiger partial charge in [-0.05, 0) is 51.6 Å². The highest BCUT2D eigenvalue weighted by molar-refractivity contribution is 5.85. The smallest absolute Gasteiger partial charge is 0.123 e. The van der Waals surface area contributed by atoms with E-state index in [4.69, 9.17) is 0 Å². The molecule has 4 heteroatoms. The lowest BCUT2D eigenvalue weighted by atomic mass is 9.80. The fraction of sp³-hybridized carbons (Fsp3) is 0.625. The summed E-state index contributed by atoms with van der Waals surface area (Å²) in [5, 5.41) is 11.0. The normalized spacial score (nSPS) is 27.4. The van der Waals surface area contributed by atoms with Gasteiger partial charge in [-0.15, -0.1) is 12.4 Å². The predicted molar refractivity (Wildman–Crippen MR) is 82.8 cm³/mol. The topological polar surface area (TPSA) is 23.5 Å². The molecule has 0 radical (unpaired) electrons. The molecule has 1 saturated carbocycles. The van der Waals surface area contributed by atoms with Crippen molar-refractivity contribution in [3.63, 3.8) is 0 Å². The monoisotopic (exact) mass is 301 g/mol. The van der Waals surface area contributed by atoms with Crippen molar-refractivity contribution in [1.29, 1.82) is 0 Å². The molecule has 0 aromatic heterocycles. The highest BCUT2D eigenvalue weighted by Crippen LogP contribution is 2.41. The zero-order valence-electron chi connectivity index (χ0n) is 12.5. The van der Waals surface area contributed by atoms with Crippen LogP contribution in [0.15, 0.2) is 24.3 Å². The molecule has 3 unspecified atom stereocenters. The zero-order chi connectivity index (χ0) is 14.0. The van der Waals surface area contributed by atoms with Crippen LogP contribution in [0.4, 0.5) is 4.39 Å². The number of aliphatic hydroxyl groups is 1. The Morgan fingerprint density at radius 3 is 2.50 bits per heavy atom. The average Bonchev–Trinajstić information content (AvgIpc) is 2.73. The molecule has 0 saturated heterocycles. The highest BCUT2D eigenvalue weighted by Gasteiger charge is 2.44. The molecule has 0 heterocycles. The van der Waals surface area contributed by atoms with Gasteiger partial charge in [0, 0.05) is 18.4 Å². The number of hydrogen-bond donors (Lipinski definition) is 1. The van der Waals surface area contributed by atoms with Gasteiger partial charge in [-0.3, -0.25) is 0 Å². The lowest BCUT2D eigenvalue weighted by Crippen LogP contribution is -2.46. The van der Waals surface area contributed by atoms with Gasteiger partial charge in [0.05, 0.1) is 5.60 Å². The summed E-state index contributed by atoms with van der Waals surface area (Å²) < 4.78 is 12.9. The van der Waals surface area contributed by atoms with E-state index in [1.54, 1.807) is 12.1 Å². The van der Waals surface area contributed by atoms with E-state index in [-0.39, 0.29) is 24.1 Å². The maximum Gasteiger partial charge on any atom is 0.123 e. The van der Waals surface area contributed by atoms with E-state index in [9.17, 15) is 9.50 Å². The molecular weight excluding hydrogens is 277 g/mol. The Labute approximate surface area is 127 Å². The lowest BCUT2D eigenvalue weighted by Gasteiger charge is -2.37. The van der Waals surface area contributed by atoms with Gasteiger partial charge < -0.3 is 10.0 Å². The fourth-order valence-corrected chi connectivity index (χ4v) is 3.31. The van der Waals surface area contributed by atoms with Crippen LogP contribution >= 0.6 is 12.4 Å². The van der Waals surface area contributed by atoms with Gasteiger partial charge in [-0.2, -0.15) is 0 Å². The summed E-state index contributed by atoms with van der Waals surface area (Å²) >= 11 is 0. The van der Waals surface area contributed by atoms with Crippen molar-refractivity contribution in [3.05, 3.63) is 35.6 Å². The third kappa shape index (κ3) is 3.72. The molecule has 0 bridgehead atoms. The lowest BCUT2D eigenvalue weighted by molar-refractivity contribution is -0.0240. The molecule has 1 aliphatic carbocycles. The number of benzene rings is 1. The van der Waals surface area contributed by atoms with Gasteiger partial charge in [0.15, 0.2) is 0 Å². The first-order valence-electron chi connectivity index (χ1n) is 7.05. The van der Waals surface area contributed by atoms with Crippen LogP contribution in [0.1, 0.15) is 31.7 Å². The van der Waals surface area contributed by atoms with Crippen molar-refractivity contribution in [1.82, 2.24) is 4.90 Å². The summed E-state index contributed by atoms with van der Waals surface area (Å²) in [5.74, 6) is 0.0629. The Balaban J connectivity index is 0.00000200. The van der Waals surface area contributed by atoms with Gasteiger partial charge in [0.1, 0.15) is 5.82 Å². The van der Waals surface area contributed by atoms with Gasteiger partial charge >= 0.3 is 0 Å². The zero-order valence-corrected chi connectivity index (χ0v) is 13.3. The first-order valence-corrected chi connectivity index (χ1v) is 7.05. The molecule has 1 fully saturated rings. The highest BCUT2D eigenvalue weighted by atomic mass is 35.5. The van der Waals surface area contributed by atoms with E-state index in [1.807, 2.05) is 0 Å². The van der Waals surface area contributed by atoms with E-state index >= 15 is 0 Å². The van der Waals surface area contributed by atoms with Crippen LogP contribution in [-0.4, -0.2) is 35.7 Å². The van der Waals surface area contributed by atoms with Crippen molar-refractivity contribution >= 4 is 12.4 Å². The minimum absolute atomic E-state index is 0. The van der Waals surface area contributed by atoms with E-state index in [2.05, 4.69) is 25.9 Å². The van der Waals surface area contributed by atoms with Crippen LogP contribution in [0.25, 0.3) is 0 Å². The quantitative estimate of drug-likeness (QED) is 0.922. The molecule has 2 nitrogen and oxygen atoms in total. The SMILES string of the molecule is CC(C1CCCC1(O)Cc1ccc(F)cc1)N(C)C.Cl. The molecule has 1 aromatic carbocycles. The predicted octanol–water partition coefficient (Wildman–Crippen LogP) is 3.27. The molecule has 2 rings (SSSR count). The van der Waals surface area contributed by atoms with E-state index in [0.29, 0.717) is 12.5 Å². The van der Waals surface area contributed by atoms with Crippen molar-refractivity contribution in [2.75, 3.05) is 14.1 Å². The molecule has 0 amide bonds. The van der Waals surface area contributed by atoms with Crippen LogP contribution in [0.3, 0.4) is 0 Å². The molecular formula is C16H25ClFNO. The number of halogens is 2. The Morgan fingerprint density at radius 2 is 1.95 bits per heavy atom. The second kappa shape index (κ2) is 6.88. The minimum Gasteiger partial charge on any atom is -0.389 e. The van der Waals surface area contributed by atoms with Crippen LogP contribution in [-0.2, 0) is 6.42 Å². The van der Waals surface area contributed by atoms with E-state index in [1.165, 1.54) is 12.1 Å². The van der Waals surface area contributed by atoms with Crippen molar-refractivity contribution in [3.8, 4) is 0 Å². The second-order valence-corrected chi connectivity index (χ2v) is 6.11.